The van der Waals surface area contributed by atoms with Crippen molar-refractivity contribution in [2.24, 2.45) is 0 Å². The summed E-state index contributed by atoms with van der Waals surface area (Å²) in [6, 6.07) is 33.3. The first-order valence-corrected chi connectivity index (χ1v) is 21.3. The lowest BCUT2D eigenvalue weighted by Gasteiger charge is -2.34. The van der Waals surface area contributed by atoms with Gasteiger partial charge in [-0.3, -0.25) is 9.97 Å². The highest BCUT2D eigenvalue weighted by Crippen LogP contribution is 2.50. The molecule has 286 valence electrons. The molecule has 2 aliphatic rings. The lowest BCUT2D eigenvalue weighted by Crippen LogP contribution is -2.59. The Kier molecular flexibility index (Phi) is 5.93. The monoisotopic (exact) mass is 763 g/mol. The van der Waals surface area contributed by atoms with Gasteiger partial charge in [0, 0.05) is 44.7 Å². The summed E-state index contributed by atoms with van der Waals surface area (Å²) >= 11 is 0. The van der Waals surface area contributed by atoms with Crippen LogP contribution in [0.1, 0.15) is 84.6 Å². The highest BCUT2D eigenvalue weighted by Gasteiger charge is 2.44. The predicted molar refractivity (Wildman–Crippen MR) is 251 cm³/mol. The van der Waals surface area contributed by atoms with Crippen molar-refractivity contribution >= 4 is 105 Å². The molecule has 0 bridgehead atoms. The van der Waals surface area contributed by atoms with E-state index in [4.69, 9.17) is 9.97 Å². The van der Waals surface area contributed by atoms with E-state index in [-0.39, 0.29) is 23.0 Å². The van der Waals surface area contributed by atoms with Crippen LogP contribution in [0.15, 0.2) is 97.3 Å². The van der Waals surface area contributed by atoms with E-state index in [2.05, 4.69) is 180 Å². The van der Waals surface area contributed by atoms with Gasteiger partial charge in [0.2, 0.25) is 0 Å². The standard InChI is InChI=1S/C53H46BN5/c1-27-11-15-39-33(23-27)44-46-35(19-21-55-44)54-36-20-22-56-45-34-26-30(53(8,9)10)14-18-40(34)59(47(36)45)50-42-32-25-29(52(5,6)7)13-17-38(32)57-37-16-12-28(51(2,3)4)24-31(37)41(48(42)57)49(43(50)54)58(39)46/h11-26H,1-10H3. The van der Waals surface area contributed by atoms with Gasteiger partial charge in [-0.15, -0.1) is 0 Å². The van der Waals surface area contributed by atoms with Crippen LogP contribution in [0.5, 0.6) is 0 Å². The van der Waals surface area contributed by atoms with Gasteiger partial charge in [-0.25, -0.2) is 0 Å². The molecule has 5 aromatic carbocycles. The smallest absolute Gasteiger partial charge is 0.252 e. The fourth-order valence-corrected chi connectivity index (χ4v) is 11.2. The molecule has 0 spiro atoms. The van der Waals surface area contributed by atoms with E-state index in [1.807, 2.05) is 0 Å². The van der Waals surface area contributed by atoms with Crippen molar-refractivity contribution in [1.82, 2.24) is 23.5 Å². The van der Waals surface area contributed by atoms with E-state index in [1.165, 1.54) is 121 Å². The molecule has 0 amide bonds. The molecule has 13 rings (SSSR count). The van der Waals surface area contributed by atoms with Crippen LogP contribution in [0, 0.1) is 6.92 Å². The summed E-state index contributed by atoms with van der Waals surface area (Å²) in [6.07, 6.45) is 4.11. The second-order valence-electron chi connectivity index (χ2n) is 20.8. The minimum atomic E-state index is -0.0208. The number of hydrogen-bond acceptors (Lipinski definition) is 2. The SMILES string of the molecule is Cc1ccc2c(c1)c1nccc3c1n2-c1c2c(c4c5cc(C(C)(C)C)ccc5n5c6ccc(C(C)(C)C)cc6c1c45)-n1c4ccc(C(C)(C)C)cc4c4nccc(c41)B23. The molecule has 0 saturated carbocycles. The van der Waals surface area contributed by atoms with Crippen molar-refractivity contribution in [2.45, 2.75) is 85.5 Å². The number of benzene rings is 5. The van der Waals surface area contributed by atoms with Crippen molar-refractivity contribution < 1.29 is 0 Å². The number of aryl methyl sites for hydroxylation is 1. The molecule has 5 nitrogen and oxygen atoms in total. The summed E-state index contributed by atoms with van der Waals surface area (Å²) < 4.78 is 7.85. The number of nitrogens with zero attached hydrogens (tertiary/aromatic N) is 5. The highest BCUT2D eigenvalue weighted by atomic mass is 15.1. The molecule has 8 heterocycles. The van der Waals surface area contributed by atoms with Gasteiger partial charge in [0.25, 0.3) is 6.71 Å². The van der Waals surface area contributed by atoms with Crippen LogP contribution >= 0.6 is 0 Å². The quantitative estimate of drug-likeness (QED) is 0.144. The molecule has 0 atom stereocenters. The molecule has 0 radical (unpaired) electrons. The van der Waals surface area contributed by atoms with Crippen LogP contribution in [0.4, 0.5) is 0 Å². The fourth-order valence-electron chi connectivity index (χ4n) is 11.2. The van der Waals surface area contributed by atoms with Gasteiger partial charge in [-0.2, -0.15) is 0 Å². The fraction of sp³-hybridized carbons (Fsp3) is 0.245. The van der Waals surface area contributed by atoms with Gasteiger partial charge in [-0.05, 0) is 117 Å². The summed E-state index contributed by atoms with van der Waals surface area (Å²) in [5, 5.41) is 7.69. The number of aromatic nitrogens is 5. The maximum Gasteiger partial charge on any atom is 0.252 e. The summed E-state index contributed by atoms with van der Waals surface area (Å²) in [7, 11) is 0. The maximum atomic E-state index is 5.26. The summed E-state index contributed by atoms with van der Waals surface area (Å²) in [6.45, 7) is 23.1. The number of rotatable bonds is 0. The third-order valence-corrected chi connectivity index (χ3v) is 14.1. The van der Waals surface area contributed by atoms with Gasteiger partial charge in [0.1, 0.15) is 0 Å². The topological polar surface area (TPSA) is 40.0 Å². The predicted octanol–water partition coefficient (Wildman–Crippen LogP) is 11.2. The Morgan fingerprint density at radius 1 is 0.458 bits per heavy atom. The van der Waals surface area contributed by atoms with Crippen molar-refractivity contribution in [1.29, 1.82) is 0 Å². The van der Waals surface area contributed by atoms with E-state index < -0.39 is 0 Å². The van der Waals surface area contributed by atoms with Crippen LogP contribution in [-0.4, -0.2) is 30.2 Å². The van der Waals surface area contributed by atoms with Crippen molar-refractivity contribution in [3.63, 3.8) is 0 Å². The molecule has 0 unspecified atom stereocenters. The van der Waals surface area contributed by atoms with E-state index in [1.54, 1.807) is 0 Å². The molecular weight excluding hydrogens is 717 g/mol. The lowest BCUT2D eigenvalue weighted by atomic mass is 9.34. The molecule has 59 heavy (non-hydrogen) atoms. The van der Waals surface area contributed by atoms with Crippen LogP contribution in [-0.2, 0) is 16.2 Å². The Balaban J connectivity index is 1.37. The average molecular weight is 764 g/mol. The molecule has 11 aromatic rings. The molecular formula is C53H46BN5. The maximum absolute atomic E-state index is 5.26. The van der Waals surface area contributed by atoms with Gasteiger partial charge in [0.15, 0.2) is 0 Å². The first-order valence-electron chi connectivity index (χ1n) is 21.3. The second kappa shape index (κ2) is 10.3. The second-order valence-corrected chi connectivity index (χ2v) is 20.8. The van der Waals surface area contributed by atoms with Crippen LogP contribution < -0.4 is 16.4 Å². The number of pyridine rings is 2. The highest BCUT2D eigenvalue weighted by molar-refractivity contribution is 7.00. The summed E-state index contributed by atoms with van der Waals surface area (Å²) in [5.74, 6) is 0. The minimum Gasteiger partial charge on any atom is -0.308 e. The number of fused-ring (bicyclic) bond motifs is 18. The van der Waals surface area contributed by atoms with E-state index in [9.17, 15) is 0 Å². The first-order chi connectivity index (χ1) is 28.1. The first kappa shape index (κ1) is 33.8. The Labute approximate surface area is 343 Å². The summed E-state index contributed by atoms with van der Waals surface area (Å²) in [4.78, 5) is 10.5. The zero-order valence-corrected chi connectivity index (χ0v) is 35.6. The van der Waals surface area contributed by atoms with Crippen molar-refractivity contribution in [3.8, 4) is 11.4 Å². The minimum absolute atomic E-state index is 0.00208. The Bertz CT molecular complexity index is 3740. The van der Waals surface area contributed by atoms with Crippen LogP contribution in [0.3, 0.4) is 0 Å². The summed E-state index contributed by atoms with van der Waals surface area (Å²) in [5.41, 5.74) is 22.6. The van der Waals surface area contributed by atoms with Crippen LogP contribution in [0.2, 0.25) is 0 Å². The molecule has 0 saturated heterocycles. The van der Waals surface area contributed by atoms with E-state index in [0.29, 0.717) is 0 Å². The zero-order valence-electron chi connectivity index (χ0n) is 35.6. The molecule has 2 aliphatic heterocycles. The largest absolute Gasteiger partial charge is 0.308 e. The Morgan fingerprint density at radius 2 is 0.881 bits per heavy atom. The van der Waals surface area contributed by atoms with Crippen molar-refractivity contribution in [2.75, 3.05) is 0 Å². The van der Waals surface area contributed by atoms with Gasteiger partial charge >= 0.3 is 0 Å². The van der Waals surface area contributed by atoms with Gasteiger partial charge in [0.05, 0.1) is 61.0 Å². The molecule has 6 heteroatoms. The molecule has 0 N–H and O–H groups in total. The van der Waals surface area contributed by atoms with Gasteiger partial charge < -0.3 is 13.5 Å². The molecule has 0 aliphatic carbocycles. The Hall–Kier alpha value is -6.14. The third-order valence-electron chi connectivity index (χ3n) is 14.1. The zero-order chi connectivity index (χ0) is 40.4. The molecule has 0 fully saturated rings. The van der Waals surface area contributed by atoms with Crippen molar-refractivity contribution in [3.05, 3.63) is 120 Å². The lowest BCUT2D eigenvalue weighted by molar-refractivity contribution is 0.591. The number of hydrogen-bond donors (Lipinski definition) is 0. The van der Waals surface area contributed by atoms with E-state index in [0.717, 1.165) is 11.0 Å². The van der Waals surface area contributed by atoms with Gasteiger partial charge in [-0.1, -0.05) is 92.1 Å². The average Bonchev–Trinajstić information content (AvgIpc) is 3.91. The molecule has 6 aromatic heterocycles. The Morgan fingerprint density at radius 3 is 1.36 bits per heavy atom. The van der Waals surface area contributed by atoms with E-state index >= 15 is 0 Å². The normalized spacial score (nSPS) is 14.2. The third kappa shape index (κ3) is 3.99. The van der Waals surface area contributed by atoms with Crippen LogP contribution in [0.25, 0.3) is 93.3 Å².